The van der Waals surface area contributed by atoms with Gasteiger partial charge in [0.1, 0.15) is 6.33 Å². The summed E-state index contributed by atoms with van der Waals surface area (Å²) in [5, 5.41) is 17.0. The van der Waals surface area contributed by atoms with Crippen molar-refractivity contribution in [1.82, 2.24) is 19.1 Å². The molecule has 0 unspecified atom stereocenters. The minimum absolute atomic E-state index is 0.205. The first-order chi connectivity index (χ1) is 11.6. The van der Waals surface area contributed by atoms with E-state index in [4.69, 9.17) is 5.26 Å². The highest BCUT2D eigenvalue weighted by Gasteiger charge is 2.36. The van der Waals surface area contributed by atoms with E-state index < -0.39 is 10.0 Å². The van der Waals surface area contributed by atoms with Crippen LogP contribution in [0.3, 0.4) is 0 Å². The number of hydrogen-bond acceptors (Lipinski definition) is 5. The molecule has 0 amide bonds. The molecule has 1 aliphatic heterocycles. The van der Waals surface area contributed by atoms with Crippen molar-refractivity contribution in [1.29, 1.82) is 5.26 Å². The molecule has 0 bridgehead atoms. The zero-order valence-corrected chi connectivity index (χ0v) is 14.3. The van der Waals surface area contributed by atoms with Gasteiger partial charge >= 0.3 is 0 Å². The predicted octanol–water partition coefficient (Wildman–Crippen LogP) is 2.09. The van der Waals surface area contributed by atoms with E-state index in [0.29, 0.717) is 24.5 Å². The number of nitrogens with zero attached hydrogens (tertiary/aromatic N) is 5. The van der Waals surface area contributed by atoms with Crippen LogP contribution in [0.25, 0.3) is 0 Å². The van der Waals surface area contributed by atoms with Crippen LogP contribution in [0.15, 0.2) is 35.5 Å². The van der Waals surface area contributed by atoms with E-state index >= 15 is 0 Å². The molecule has 1 aromatic heterocycles. The number of sulfonamides is 1. The molecule has 24 heavy (non-hydrogen) atoms. The lowest BCUT2D eigenvalue weighted by Gasteiger charge is -2.34. The first kappa shape index (κ1) is 16.6. The molecule has 1 aromatic carbocycles. The molecular weight excluding hydrogens is 326 g/mol. The summed E-state index contributed by atoms with van der Waals surface area (Å²) in [6.45, 7) is 3.14. The molecule has 2 heterocycles. The fourth-order valence-corrected chi connectivity index (χ4v) is 4.71. The molecule has 0 N–H and O–H groups in total. The van der Waals surface area contributed by atoms with E-state index in [1.807, 2.05) is 17.6 Å². The van der Waals surface area contributed by atoms with Gasteiger partial charge in [-0.15, -0.1) is 10.2 Å². The smallest absolute Gasteiger partial charge is 0.243 e. The SMILES string of the molecule is CCn1cnnc1[C@H]1CCCCN1S(=O)(=O)c1ccc(C#N)cc1. The summed E-state index contributed by atoms with van der Waals surface area (Å²) in [7, 11) is -3.64. The molecule has 1 aliphatic rings. The Morgan fingerprint density at radius 3 is 2.71 bits per heavy atom. The second-order valence-electron chi connectivity index (χ2n) is 5.74. The van der Waals surface area contributed by atoms with Gasteiger partial charge in [0, 0.05) is 13.1 Å². The average molecular weight is 345 g/mol. The van der Waals surface area contributed by atoms with Gasteiger partial charge in [0.15, 0.2) is 5.82 Å². The van der Waals surface area contributed by atoms with E-state index in [1.165, 1.54) is 28.6 Å². The summed E-state index contributed by atoms with van der Waals surface area (Å²) in [5.41, 5.74) is 0.440. The highest BCUT2D eigenvalue weighted by Crippen LogP contribution is 2.34. The normalized spacial score (nSPS) is 19.1. The highest BCUT2D eigenvalue weighted by atomic mass is 32.2. The largest absolute Gasteiger partial charge is 0.317 e. The minimum Gasteiger partial charge on any atom is -0.317 e. The Kier molecular flexibility index (Phi) is 4.64. The van der Waals surface area contributed by atoms with Crippen LogP contribution in [0, 0.1) is 11.3 Å². The van der Waals surface area contributed by atoms with Crippen LogP contribution in [-0.4, -0.2) is 34.0 Å². The van der Waals surface area contributed by atoms with Crippen molar-refractivity contribution >= 4 is 10.0 Å². The first-order valence-corrected chi connectivity index (χ1v) is 9.41. The van der Waals surface area contributed by atoms with Crippen LogP contribution < -0.4 is 0 Å². The molecule has 7 nitrogen and oxygen atoms in total. The lowest BCUT2D eigenvalue weighted by molar-refractivity contribution is 0.241. The summed E-state index contributed by atoms with van der Waals surface area (Å²) in [6.07, 6.45) is 4.15. The van der Waals surface area contributed by atoms with Gasteiger partial charge in [-0.3, -0.25) is 0 Å². The zero-order valence-electron chi connectivity index (χ0n) is 13.5. The molecule has 0 radical (unpaired) electrons. The first-order valence-electron chi connectivity index (χ1n) is 7.97. The molecule has 0 aliphatic carbocycles. The van der Waals surface area contributed by atoms with Gasteiger partial charge in [-0.05, 0) is 44.0 Å². The Morgan fingerprint density at radius 2 is 2.04 bits per heavy atom. The molecule has 1 atom stereocenters. The molecule has 126 valence electrons. The number of nitriles is 1. The van der Waals surface area contributed by atoms with Crippen LogP contribution in [0.1, 0.15) is 43.6 Å². The summed E-state index contributed by atoms with van der Waals surface area (Å²) in [4.78, 5) is 0.205. The lowest BCUT2D eigenvalue weighted by Crippen LogP contribution is -2.39. The summed E-state index contributed by atoms with van der Waals surface area (Å²) in [6, 6.07) is 7.73. The van der Waals surface area contributed by atoms with E-state index in [-0.39, 0.29) is 10.9 Å². The van der Waals surface area contributed by atoms with Crippen molar-refractivity contribution in [2.75, 3.05) is 6.54 Å². The van der Waals surface area contributed by atoms with E-state index in [0.717, 1.165) is 19.3 Å². The van der Waals surface area contributed by atoms with Gasteiger partial charge in [-0.25, -0.2) is 8.42 Å². The van der Waals surface area contributed by atoms with Crippen LogP contribution in [0.2, 0.25) is 0 Å². The van der Waals surface area contributed by atoms with Gasteiger partial charge in [0.25, 0.3) is 0 Å². The summed E-state index contributed by atoms with van der Waals surface area (Å²) >= 11 is 0. The van der Waals surface area contributed by atoms with Crippen molar-refractivity contribution in [2.45, 2.75) is 43.7 Å². The quantitative estimate of drug-likeness (QED) is 0.846. The number of benzene rings is 1. The summed E-state index contributed by atoms with van der Waals surface area (Å²) < 4.78 is 29.6. The van der Waals surface area contributed by atoms with E-state index in [1.54, 1.807) is 6.33 Å². The van der Waals surface area contributed by atoms with Crippen LogP contribution in [0.4, 0.5) is 0 Å². The summed E-state index contributed by atoms with van der Waals surface area (Å²) in [5.74, 6) is 0.689. The third-order valence-electron chi connectivity index (χ3n) is 4.33. The molecule has 1 fully saturated rings. The van der Waals surface area contributed by atoms with Crippen LogP contribution in [-0.2, 0) is 16.6 Å². The van der Waals surface area contributed by atoms with Crippen molar-refractivity contribution in [3.8, 4) is 6.07 Å². The number of hydrogen-bond donors (Lipinski definition) is 0. The van der Waals surface area contributed by atoms with Crippen molar-refractivity contribution < 1.29 is 8.42 Å². The van der Waals surface area contributed by atoms with Gasteiger partial charge in [0.2, 0.25) is 10.0 Å². The molecule has 0 spiro atoms. The van der Waals surface area contributed by atoms with Crippen molar-refractivity contribution in [2.24, 2.45) is 0 Å². The highest BCUT2D eigenvalue weighted by molar-refractivity contribution is 7.89. The zero-order chi connectivity index (χ0) is 17.2. The van der Waals surface area contributed by atoms with E-state index in [2.05, 4.69) is 10.2 Å². The number of aryl methyl sites for hydroxylation is 1. The molecule has 2 aromatic rings. The van der Waals surface area contributed by atoms with Crippen molar-refractivity contribution in [3.63, 3.8) is 0 Å². The third kappa shape index (κ3) is 2.92. The standard InChI is InChI=1S/C16H19N5O2S/c1-2-20-12-18-19-16(20)15-5-3-4-10-21(15)24(22,23)14-8-6-13(11-17)7-9-14/h6-9,12,15H,2-5,10H2,1H3/t15-/m1/s1. The topological polar surface area (TPSA) is 91.9 Å². The number of rotatable bonds is 4. The maximum Gasteiger partial charge on any atom is 0.243 e. The minimum atomic E-state index is -3.64. The monoisotopic (exact) mass is 345 g/mol. The van der Waals surface area contributed by atoms with E-state index in [9.17, 15) is 8.42 Å². The molecule has 0 saturated carbocycles. The van der Waals surface area contributed by atoms with Crippen molar-refractivity contribution in [3.05, 3.63) is 42.0 Å². The van der Waals surface area contributed by atoms with Crippen LogP contribution >= 0.6 is 0 Å². The Balaban J connectivity index is 1.99. The van der Waals surface area contributed by atoms with Gasteiger partial charge < -0.3 is 4.57 Å². The van der Waals surface area contributed by atoms with Gasteiger partial charge in [0.05, 0.1) is 22.6 Å². The third-order valence-corrected chi connectivity index (χ3v) is 6.25. The average Bonchev–Trinajstić information content (AvgIpc) is 3.10. The maximum atomic E-state index is 13.1. The van der Waals surface area contributed by atoms with Crippen LogP contribution in [0.5, 0.6) is 0 Å². The van der Waals surface area contributed by atoms with Gasteiger partial charge in [-0.1, -0.05) is 6.42 Å². The fourth-order valence-electron chi connectivity index (χ4n) is 3.05. The number of piperidine rings is 1. The predicted molar refractivity (Wildman–Crippen MR) is 87.3 cm³/mol. The molecule has 3 rings (SSSR count). The molecular formula is C16H19N5O2S. The Bertz CT molecular complexity index is 851. The fraction of sp³-hybridized carbons (Fsp3) is 0.438. The molecule has 8 heteroatoms. The maximum absolute atomic E-state index is 13.1. The Labute approximate surface area is 141 Å². The van der Waals surface area contributed by atoms with Gasteiger partial charge in [-0.2, -0.15) is 9.57 Å². The molecule has 1 saturated heterocycles. The lowest BCUT2D eigenvalue weighted by atomic mass is 10.0. The Morgan fingerprint density at radius 1 is 1.29 bits per heavy atom. The second kappa shape index (κ2) is 6.71. The Hall–Kier alpha value is -2.24. The number of aromatic nitrogens is 3. The second-order valence-corrected chi connectivity index (χ2v) is 7.63.